The Labute approximate surface area is 72.3 Å². The van der Waals surface area contributed by atoms with Crippen molar-refractivity contribution in [3.8, 4) is 0 Å². The fraction of sp³-hybridized carbons (Fsp3) is 0.875. The third-order valence-corrected chi connectivity index (χ3v) is 2.72. The lowest BCUT2D eigenvalue weighted by molar-refractivity contribution is -0.193. The van der Waals surface area contributed by atoms with Crippen LogP contribution in [0.15, 0.2) is 0 Å². The molecular formula is C8H16N2O2. The van der Waals surface area contributed by atoms with Crippen molar-refractivity contribution >= 4 is 5.78 Å². The number of carbonyl (C=O) groups is 1. The van der Waals surface area contributed by atoms with Gasteiger partial charge in [-0.3, -0.25) is 4.79 Å². The van der Waals surface area contributed by atoms with Crippen LogP contribution in [0.25, 0.3) is 0 Å². The Morgan fingerprint density at radius 2 is 1.83 bits per heavy atom. The van der Waals surface area contributed by atoms with Gasteiger partial charge in [0.25, 0.3) is 0 Å². The zero-order chi connectivity index (χ0) is 9.73. The molecule has 1 saturated heterocycles. The number of nitrogens with zero attached hydrogens (tertiary/aromatic N) is 1. The lowest BCUT2D eigenvalue weighted by Gasteiger charge is -2.33. The van der Waals surface area contributed by atoms with Gasteiger partial charge in [0.1, 0.15) is 5.54 Å². The zero-order valence-electron chi connectivity index (χ0n) is 7.96. The topological polar surface area (TPSA) is 66.6 Å². The SMILES string of the molecule is CC1(C)C(=O)C(N)C(C)(C)N1O. The van der Waals surface area contributed by atoms with Gasteiger partial charge >= 0.3 is 0 Å². The van der Waals surface area contributed by atoms with Gasteiger partial charge < -0.3 is 10.9 Å². The summed E-state index contributed by atoms with van der Waals surface area (Å²) in [5.74, 6) is -0.116. The second-order valence-electron chi connectivity index (χ2n) is 4.37. The van der Waals surface area contributed by atoms with Crippen molar-refractivity contribution in [2.75, 3.05) is 0 Å². The predicted molar refractivity (Wildman–Crippen MR) is 44.8 cm³/mol. The van der Waals surface area contributed by atoms with E-state index in [0.29, 0.717) is 0 Å². The Morgan fingerprint density at radius 1 is 1.42 bits per heavy atom. The first-order valence-corrected chi connectivity index (χ1v) is 4.01. The molecule has 12 heavy (non-hydrogen) atoms. The van der Waals surface area contributed by atoms with Crippen molar-refractivity contribution in [3.05, 3.63) is 0 Å². The molecule has 4 heteroatoms. The smallest absolute Gasteiger partial charge is 0.173 e. The summed E-state index contributed by atoms with van der Waals surface area (Å²) in [6.45, 7) is 6.85. The van der Waals surface area contributed by atoms with Gasteiger partial charge in [0, 0.05) is 0 Å². The molecule has 1 rings (SSSR count). The van der Waals surface area contributed by atoms with Crippen LogP contribution in [-0.4, -0.2) is 33.2 Å². The maximum Gasteiger partial charge on any atom is 0.173 e. The third kappa shape index (κ3) is 0.920. The van der Waals surface area contributed by atoms with Gasteiger partial charge in [-0.2, -0.15) is 5.06 Å². The van der Waals surface area contributed by atoms with E-state index >= 15 is 0 Å². The molecule has 0 aliphatic carbocycles. The van der Waals surface area contributed by atoms with Crippen molar-refractivity contribution in [2.45, 2.75) is 44.8 Å². The van der Waals surface area contributed by atoms with E-state index in [1.807, 2.05) is 0 Å². The Morgan fingerprint density at radius 3 is 1.92 bits per heavy atom. The number of hydrogen-bond donors (Lipinski definition) is 2. The van der Waals surface area contributed by atoms with Crippen molar-refractivity contribution in [1.82, 2.24) is 5.06 Å². The molecule has 1 fully saturated rings. The highest BCUT2D eigenvalue weighted by Crippen LogP contribution is 2.34. The van der Waals surface area contributed by atoms with E-state index in [-0.39, 0.29) is 5.78 Å². The van der Waals surface area contributed by atoms with Crippen LogP contribution in [0.5, 0.6) is 0 Å². The Hall–Kier alpha value is -0.450. The average Bonchev–Trinajstić information content (AvgIpc) is 2.06. The van der Waals surface area contributed by atoms with Crippen molar-refractivity contribution in [2.24, 2.45) is 5.73 Å². The number of Topliss-reactive ketones (excluding diaryl/α,β-unsaturated/α-hetero) is 1. The summed E-state index contributed by atoms with van der Waals surface area (Å²) in [5, 5.41) is 10.7. The minimum atomic E-state index is -0.858. The number of nitrogens with two attached hydrogens (primary N) is 1. The second-order valence-corrected chi connectivity index (χ2v) is 4.37. The zero-order valence-corrected chi connectivity index (χ0v) is 7.96. The van der Waals surface area contributed by atoms with Gasteiger partial charge in [0.05, 0.1) is 11.6 Å². The van der Waals surface area contributed by atoms with Crippen molar-refractivity contribution < 1.29 is 10.0 Å². The van der Waals surface area contributed by atoms with Gasteiger partial charge in [0.2, 0.25) is 0 Å². The van der Waals surface area contributed by atoms with Gasteiger partial charge in [-0.1, -0.05) is 0 Å². The summed E-state index contributed by atoms with van der Waals surface area (Å²) < 4.78 is 0. The van der Waals surface area contributed by atoms with Crippen LogP contribution in [0.4, 0.5) is 0 Å². The number of carbonyl (C=O) groups excluding carboxylic acids is 1. The first-order chi connectivity index (χ1) is 5.22. The molecule has 1 aliphatic rings. The molecule has 0 bridgehead atoms. The fourth-order valence-electron chi connectivity index (χ4n) is 1.66. The monoisotopic (exact) mass is 172 g/mol. The molecule has 0 spiro atoms. The molecule has 1 heterocycles. The minimum absolute atomic E-state index is 0.116. The largest absolute Gasteiger partial charge is 0.320 e. The number of hydroxylamine groups is 2. The minimum Gasteiger partial charge on any atom is -0.320 e. The van der Waals surface area contributed by atoms with Crippen molar-refractivity contribution in [1.29, 1.82) is 0 Å². The Kier molecular flexibility index (Phi) is 1.83. The van der Waals surface area contributed by atoms with E-state index in [4.69, 9.17) is 5.73 Å². The molecule has 0 aromatic carbocycles. The second kappa shape index (κ2) is 2.28. The summed E-state index contributed by atoms with van der Waals surface area (Å²) >= 11 is 0. The van der Waals surface area contributed by atoms with E-state index in [1.165, 1.54) is 0 Å². The third-order valence-electron chi connectivity index (χ3n) is 2.72. The lowest BCUT2D eigenvalue weighted by Crippen LogP contribution is -2.50. The molecule has 1 unspecified atom stereocenters. The van der Waals surface area contributed by atoms with Crippen molar-refractivity contribution in [3.63, 3.8) is 0 Å². The summed E-state index contributed by atoms with van der Waals surface area (Å²) in [4.78, 5) is 11.5. The van der Waals surface area contributed by atoms with E-state index in [9.17, 15) is 10.0 Å². The summed E-state index contributed by atoms with van der Waals surface area (Å²) in [6.07, 6.45) is 0. The van der Waals surface area contributed by atoms with Gasteiger partial charge in [-0.05, 0) is 27.7 Å². The van der Waals surface area contributed by atoms with Crippen LogP contribution in [0.3, 0.4) is 0 Å². The molecule has 3 N–H and O–H groups in total. The standard InChI is InChI=1S/C8H16N2O2/c1-7(2)5(9)6(11)8(3,4)10(7)12/h5,12H,9H2,1-4H3. The molecular weight excluding hydrogens is 156 g/mol. The average molecular weight is 172 g/mol. The Bertz CT molecular complexity index is 223. The first kappa shape index (κ1) is 9.64. The molecule has 1 aliphatic heterocycles. The quantitative estimate of drug-likeness (QED) is 0.545. The summed E-state index contributed by atoms with van der Waals surface area (Å²) in [7, 11) is 0. The molecule has 0 aromatic heterocycles. The molecule has 4 nitrogen and oxygen atoms in total. The highest BCUT2D eigenvalue weighted by atomic mass is 16.5. The Balaban J connectivity index is 3.12. The normalized spacial score (nSPS) is 34.2. The highest BCUT2D eigenvalue weighted by Gasteiger charge is 2.56. The van der Waals surface area contributed by atoms with Crippen LogP contribution in [0.1, 0.15) is 27.7 Å². The number of ketones is 1. The first-order valence-electron chi connectivity index (χ1n) is 4.01. The maximum atomic E-state index is 11.5. The molecule has 0 amide bonds. The van der Waals surface area contributed by atoms with Gasteiger partial charge in [-0.15, -0.1) is 0 Å². The van der Waals surface area contributed by atoms with Crippen LogP contribution in [0.2, 0.25) is 0 Å². The number of rotatable bonds is 0. The molecule has 0 saturated carbocycles. The molecule has 0 aromatic rings. The van der Waals surface area contributed by atoms with E-state index in [1.54, 1.807) is 27.7 Å². The molecule has 1 atom stereocenters. The lowest BCUT2D eigenvalue weighted by atomic mass is 9.94. The van der Waals surface area contributed by atoms with Crippen LogP contribution >= 0.6 is 0 Å². The summed E-state index contributed by atoms with van der Waals surface area (Å²) in [6, 6.07) is -0.613. The van der Waals surface area contributed by atoms with Crippen LogP contribution in [0, 0.1) is 0 Å². The van der Waals surface area contributed by atoms with E-state index < -0.39 is 17.1 Å². The van der Waals surface area contributed by atoms with E-state index in [0.717, 1.165) is 5.06 Å². The van der Waals surface area contributed by atoms with Crippen LogP contribution < -0.4 is 5.73 Å². The van der Waals surface area contributed by atoms with Crippen LogP contribution in [-0.2, 0) is 4.79 Å². The van der Waals surface area contributed by atoms with E-state index in [2.05, 4.69) is 0 Å². The summed E-state index contributed by atoms with van der Waals surface area (Å²) in [5.41, 5.74) is 4.15. The predicted octanol–water partition coefficient (Wildman–Crippen LogP) is 0.145. The fourth-order valence-corrected chi connectivity index (χ4v) is 1.66. The van der Waals surface area contributed by atoms with Gasteiger partial charge in [0.15, 0.2) is 5.78 Å². The maximum absolute atomic E-state index is 11.5. The van der Waals surface area contributed by atoms with Gasteiger partial charge in [-0.25, -0.2) is 0 Å². The number of hydrogen-bond acceptors (Lipinski definition) is 4. The molecule has 0 radical (unpaired) electrons. The highest BCUT2D eigenvalue weighted by molar-refractivity contribution is 5.95. The molecule has 70 valence electrons.